The Bertz CT molecular complexity index is 338. The first-order chi connectivity index (χ1) is 7.19. The van der Waals surface area contributed by atoms with E-state index in [2.05, 4.69) is 9.72 Å². The normalized spacial score (nSPS) is 11.9. The van der Waals surface area contributed by atoms with Crippen LogP contribution in [0.5, 0.6) is 5.75 Å². The fourth-order valence-corrected chi connectivity index (χ4v) is 1.23. The minimum absolute atomic E-state index is 0.273. The number of hydrogen-bond donors (Lipinski definition) is 0. The van der Waals surface area contributed by atoms with Crippen molar-refractivity contribution in [3.05, 3.63) is 24.0 Å². The molecule has 1 unspecified atom stereocenters. The summed E-state index contributed by atoms with van der Waals surface area (Å²) in [4.78, 5) is 15.3. The van der Waals surface area contributed by atoms with E-state index in [9.17, 15) is 4.79 Å². The van der Waals surface area contributed by atoms with Crippen molar-refractivity contribution < 1.29 is 14.3 Å². The molecule has 4 heteroatoms. The van der Waals surface area contributed by atoms with Gasteiger partial charge in [0, 0.05) is 6.20 Å². The monoisotopic (exact) mass is 209 g/mol. The van der Waals surface area contributed by atoms with Crippen LogP contribution in [0.1, 0.15) is 25.3 Å². The van der Waals surface area contributed by atoms with E-state index in [1.165, 1.54) is 7.11 Å². The third-order valence-corrected chi connectivity index (χ3v) is 2.10. The van der Waals surface area contributed by atoms with E-state index in [-0.39, 0.29) is 11.9 Å². The molecule has 0 N–H and O–H groups in total. The third kappa shape index (κ3) is 2.94. The van der Waals surface area contributed by atoms with Gasteiger partial charge >= 0.3 is 5.97 Å². The summed E-state index contributed by atoms with van der Waals surface area (Å²) < 4.78 is 9.95. The van der Waals surface area contributed by atoms with Gasteiger partial charge in [0.2, 0.25) is 0 Å². The molecular weight excluding hydrogens is 194 g/mol. The first kappa shape index (κ1) is 11.5. The topological polar surface area (TPSA) is 48.4 Å². The molecule has 0 aliphatic heterocycles. The highest BCUT2D eigenvalue weighted by Gasteiger charge is 2.16. The van der Waals surface area contributed by atoms with Crippen molar-refractivity contribution in [1.82, 2.24) is 4.98 Å². The lowest BCUT2D eigenvalue weighted by atomic mass is 10.0. The molecule has 0 saturated carbocycles. The second-order valence-electron chi connectivity index (χ2n) is 3.13. The third-order valence-electron chi connectivity index (χ3n) is 2.10. The standard InChI is InChI=1S/C11H15NO3/c1-4-15-10-5-9(6-12-7-10)8(2)11(13)14-3/h5-8H,4H2,1-3H3. The predicted octanol–water partition coefficient (Wildman–Crippen LogP) is 1.76. The molecular formula is C11H15NO3. The summed E-state index contributed by atoms with van der Waals surface area (Å²) in [6.07, 6.45) is 3.26. The van der Waals surface area contributed by atoms with Gasteiger partial charge in [0.1, 0.15) is 5.75 Å². The van der Waals surface area contributed by atoms with E-state index in [0.717, 1.165) is 5.56 Å². The van der Waals surface area contributed by atoms with Crippen molar-refractivity contribution in [2.75, 3.05) is 13.7 Å². The lowest BCUT2D eigenvalue weighted by molar-refractivity contribution is -0.141. The van der Waals surface area contributed by atoms with Gasteiger partial charge in [-0.1, -0.05) is 0 Å². The van der Waals surface area contributed by atoms with Gasteiger partial charge in [-0.2, -0.15) is 0 Å². The van der Waals surface area contributed by atoms with Crippen molar-refractivity contribution >= 4 is 5.97 Å². The zero-order chi connectivity index (χ0) is 11.3. The smallest absolute Gasteiger partial charge is 0.312 e. The van der Waals surface area contributed by atoms with Gasteiger partial charge in [-0.25, -0.2) is 0 Å². The SMILES string of the molecule is CCOc1cncc(C(C)C(=O)OC)c1. The van der Waals surface area contributed by atoms with Gasteiger partial charge in [-0.15, -0.1) is 0 Å². The number of carbonyl (C=O) groups excluding carboxylic acids is 1. The maximum Gasteiger partial charge on any atom is 0.312 e. The van der Waals surface area contributed by atoms with Crippen molar-refractivity contribution in [3.8, 4) is 5.75 Å². The zero-order valence-corrected chi connectivity index (χ0v) is 9.19. The summed E-state index contributed by atoms with van der Waals surface area (Å²) in [6.45, 7) is 4.26. The van der Waals surface area contributed by atoms with Gasteiger partial charge in [0.05, 0.1) is 25.8 Å². The summed E-state index contributed by atoms with van der Waals surface area (Å²) in [6, 6.07) is 1.80. The number of esters is 1. The minimum Gasteiger partial charge on any atom is -0.492 e. The van der Waals surface area contributed by atoms with Crippen LogP contribution in [0.25, 0.3) is 0 Å². The summed E-state index contributed by atoms with van der Waals surface area (Å²) >= 11 is 0. The molecule has 0 bridgehead atoms. The quantitative estimate of drug-likeness (QED) is 0.709. The number of pyridine rings is 1. The number of aromatic nitrogens is 1. The Morgan fingerprint density at radius 1 is 1.53 bits per heavy atom. The Morgan fingerprint density at radius 3 is 2.87 bits per heavy atom. The molecule has 0 amide bonds. The second-order valence-corrected chi connectivity index (χ2v) is 3.13. The van der Waals surface area contributed by atoms with Crippen molar-refractivity contribution in [3.63, 3.8) is 0 Å². The minimum atomic E-state index is -0.317. The second kappa shape index (κ2) is 5.34. The van der Waals surface area contributed by atoms with Crippen LogP contribution in [-0.4, -0.2) is 24.7 Å². The van der Waals surface area contributed by atoms with E-state index < -0.39 is 0 Å². The Kier molecular flexibility index (Phi) is 4.09. The molecule has 0 aliphatic carbocycles. The molecule has 15 heavy (non-hydrogen) atoms. The largest absolute Gasteiger partial charge is 0.492 e. The molecule has 4 nitrogen and oxygen atoms in total. The highest BCUT2D eigenvalue weighted by atomic mass is 16.5. The van der Waals surface area contributed by atoms with Crippen LogP contribution >= 0.6 is 0 Å². The number of hydrogen-bond acceptors (Lipinski definition) is 4. The van der Waals surface area contributed by atoms with E-state index in [1.54, 1.807) is 25.4 Å². The highest BCUT2D eigenvalue weighted by molar-refractivity contribution is 5.77. The maximum atomic E-state index is 11.3. The molecule has 0 aromatic carbocycles. The lowest BCUT2D eigenvalue weighted by Gasteiger charge is -2.10. The molecule has 1 aromatic rings. The zero-order valence-electron chi connectivity index (χ0n) is 9.19. The highest BCUT2D eigenvalue weighted by Crippen LogP contribution is 2.20. The van der Waals surface area contributed by atoms with Crippen LogP contribution in [0.2, 0.25) is 0 Å². The molecule has 0 spiro atoms. The van der Waals surface area contributed by atoms with Crippen LogP contribution in [0.3, 0.4) is 0 Å². The van der Waals surface area contributed by atoms with Gasteiger partial charge in [-0.3, -0.25) is 9.78 Å². The molecule has 1 rings (SSSR count). The Balaban J connectivity index is 2.84. The first-order valence-electron chi connectivity index (χ1n) is 4.84. The number of methoxy groups -OCH3 is 1. The fourth-order valence-electron chi connectivity index (χ4n) is 1.23. The first-order valence-corrected chi connectivity index (χ1v) is 4.84. The molecule has 82 valence electrons. The number of ether oxygens (including phenoxy) is 2. The summed E-state index contributed by atoms with van der Waals surface area (Å²) in [5, 5.41) is 0. The van der Waals surface area contributed by atoms with E-state index >= 15 is 0 Å². The fraction of sp³-hybridized carbons (Fsp3) is 0.455. The summed E-state index contributed by atoms with van der Waals surface area (Å²) in [7, 11) is 1.37. The number of rotatable bonds is 4. The van der Waals surface area contributed by atoms with Gasteiger partial charge in [0.15, 0.2) is 0 Å². The Morgan fingerprint density at radius 2 is 2.27 bits per heavy atom. The van der Waals surface area contributed by atoms with Gasteiger partial charge < -0.3 is 9.47 Å². The van der Waals surface area contributed by atoms with Crippen LogP contribution in [0, 0.1) is 0 Å². The average Bonchev–Trinajstić information content (AvgIpc) is 2.28. The molecule has 0 radical (unpaired) electrons. The molecule has 1 atom stereocenters. The van der Waals surface area contributed by atoms with Crippen LogP contribution in [0.15, 0.2) is 18.5 Å². The van der Waals surface area contributed by atoms with E-state index in [0.29, 0.717) is 12.4 Å². The number of nitrogens with zero attached hydrogens (tertiary/aromatic N) is 1. The van der Waals surface area contributed by atoms with Crippen LogP contribution < -0.4 is 4.74 Å². The Labute approximate surface area is 89.2 Å². The molecule has 0 aliphatic rings. The van der Waals surface area contributed by atoms with Crippen molar-refractivity contribution in [2.45, 2.75) is 19.8 Å². The average molecular weight is 209 g/mol. The Hall–Kier alpha value is -1.58. The molecule has 1 heterocycles. The van der Waals surface area contributed by atoms with Crippen molar-refractivity contribution in [2.24, 2.45) is 0 Å². The maximum absolute atomic E-state index is 11.3. The van der Waals surface area contributed by atoms with Crippen molar-refractivity contribution in [1.29, 1.82) is 0 Å². The number of carbonyl (C=O) groups is 1. The predicted molar refractivity (Wildman–Crippen MR) is 55.8 cm³/mol. The summed E-state index contributed by atoms with van der Waals surface area (Å²) in [5.41, 5.74) is 0.799. The van der Waals surface area contributed by atoms with E-state index in [1.807, 2.05) is 6.92 Å². The summed E-state index contributed by atoms with van der Waals surface area (Å²) in [5.74, 6) is 0.0825. The van der Waals surface area contributed by atoms with E-state index in [4.69, 9.17) is 4.74 Å². The molecule has 0 saturated heterocycles. The van der Waals surface area contributed by atoms with Gasteiger partial charge in [0.25, 0.3) is 0 Å². The lowest BCUT2D eigenvalue weighted by Crippen LogP contribution is -2.11. The van der Waals surface area contributed by atoms with Gasteiger partial charge in [-0.05, 0) is 25.5 Å². The molecule has 1 aromatic heterocycles. The van der Waals surface area contributed by atoms with Crippen LogP contribution in [0.4, 0.5) is 0 Å². The van der Waals surface area contributed by atoms with Crippen LogP contribution in [-0.2, 0) is 9.53 Å². The molecule has 0 fully saturated rings.